The van der Waals surface area contributed by atoms with Crippen LogP contribution in [0.2, 0.25) is 0 Å². The standard InChI is InChI=1S/C17H19NO3/c1-2-11-4-6-14(21-11)17-12-8-16-15(19-9-20-16)7-10(12)3-5-13(17)18/h4,6-8,13,17H,2-3,5,9,18H2,1H3/t13-,17-/m1/s1. The molecule has 0 fully saturated rings. The Morgan fingerprint density at radius 1 is 1.19 bits per heavy atom. The number of nitrogens with two attached hydrogens (primary N) is 1. The second-order valence-corrected chi connectivity index (χ2v) is 5.74. The van der Waals surface area contributed by atoms with E-state index in [1.807, 2.05) is 6.07 Å². The third kappa shape index (κ3) is 2.02. The van der Waals surface area contributed by atoms with E-state index in [0.717, 1.165) is 42.3 Å². The molecule has 0 unspecified atom stereocenters. The summed E-state index contributed by atoms with van der Waals surface area (Å²) in [4.78, 5) is 0. The quantitative estimate of drug-likeness (QED) is 0.921. The summed E-state index contributed by atoms with van der Waals surface area (Å²) in [6.45, 7) is 2.39. The Hall–Kier alpha value is -1.94. The second kappa shape index (κ2) is 4.81. The van der Waals surface area contributed by atoms with Gasteiger partial charge in [0.25, 0.3) is 0 Å². The maximum Gasteiger partial charge on any atom is 0.231 e. The summed E-state index contributed by atoms with van der Waals surface area (Å²) in [5, 5.41) is 0. The fourth-order valence-corrected chi connectivity index (χ4v) is 3.34. The van der Waals surface area contributed by atoms with Crippen LogP contribution in [-0.2, 0) is 12.8 Å². The molecule has 1 aliphatic heterocycles. The lowest BCUT2D eigenvalue weighted by Gasteiger charge is -2.30. The molecule has 2 N–H and O–H groups in total. The van der Waals surface area contributed by atoms with Gasteiger partial charge in [-0.05, 0) is 48.2 Å². The molecule has 4 rings (SSSR count). The first kappa shape index (κ1) is 12.8. The number of hydrogen-bond acceptors (Lipinski definition) is 4. The average Bonchev–Trinajstić information content (AvgIpc) is 3.13. The molecule has 2 aliphatic rings. The van der Waals surface area contributed by atoms with Gasteiger partial charge in [0.1, 0.15) is 11.5 Å². The van der Waals surface area contributed by atoms with Crippen molar-refractivity contribution in [2.75, 3.05) is 6.79 Å². The summed E-state index contributed by atoms with van der Waals surface area (Å²) < 4.78 is 17.0. The summed E-state index contributed by atoms with van der Waals surface area (Å²) in [5.74, 6) is 3.72. The van der Waals surface area contributed by atoms with Crippen molar-refractivity contribution in [3.63, 3.8) is 0 Å². The highest BCUT2D eigenvalue weighted by molar-refractivity contribution is 5.52. The smallest absolute Gasteiger partial charge is 0.231 e. The number of aryl methyl sites for hydroxylation is 2. The van der Waals surface area contributed by atoms with Gasteiger partial charge in [0.05, 0.1) is 5.92 Å². The molecular formula is C17H19NO3. The van der Waals surface area contributed by atoms with E-state index in [1.54, 1.807) is 0 Å². The van der Waals surface area contributed by atoms with E-state index in [1.165, 1.54) is 11.1 Å². The van der Waals surface area contributed by atoms with Crippen LogP contribution in [0.15, 0.2) is 28.7 Å². The van der Waals surface area contributed by atoms with Gasteiger partial charge in [-0.25, -0.2) is 0 Å². The number of fused-ring (bicyclic) bond motifs is 2. The van der Waals surface area contributed by atoms with Gasteiger partial charge < -0.3 is 19.6 Å². The van der Waals surface area contributed by atoms with E-state index in [4.69, 9.17) is 19.6 Å². The van der Waals surface area contributed by atoms with Crippen LogP contribution in [0.5, 0.6) is 11.5 Å². The summed E-state index contributed by atoms with van der Waals surface area (Å²) in [7, 11) is 0. The van der Waals surface area contributed by atoms with Crippen molar-refractivity contribution in [1.82, 2.24) is 0 Å². The summed E-state index contributed by atoms with van der Waals surface area (Å²) in [6, 6.07) is 8.36. The minimum Gasteiger partial charge on any atom is -0.465 e. The average molecular weight is 285 g/mol. The monoisotopic (exact) mass is 285 g/mol. The van der Waals surface area contributed by atoms with Crippen LogP contribution in [0.4, 0.5) is 0 Å². The first-order valence-electron chi connectivity index (χ1n) is 7.53. The lowest BCUT2D eigenvalue weighted by Crippen LogP contribution is -2.33. The minimum atomic E-state index is 0.0775. The first-order valence-corrected chi connectivity index (χ1v) is 7.53. The van der Waals surface area contributed by atoms with Crippen LogP contribution in [-0.4, -0.2) is 12.8 Å². The highest BCUT2D eigenvalue weighted by atomic mass is 16.7. The third-order valence-corrected chi connectivity index (χ3v) is 4.48. The highest BCUT2D eigenvalue weighted by Gasteiger charge is 2.33. The molecule has 2 aromatic rings. The molecule has 0 amide bonds. The number of ether oxygens (including phenoxy) is 2. The molecule has 0 radical (unpaired) electrons. The zero-order valence-electron chi connectivity index (χ0n) is 12.1. The van der Waals surface area contributed by atoms with Gasteiger partial charge in [-0.2, -0.15) is 0 Å². The Labute approximate surface area is 123 Å². The summed E-state index contributed by atoms with van der Waals surface area (Å²) in [6.07, 6.45) is 2.83. The van der Waals surface area contributed by atoms with Crippen LogP contribution in [0.1, 0.15) is 41.9 Å². The van der Waals surface area contributed by atoms with Crippen molar-refractivity contribution in [3.8, 4) is 11.5 Å². The van der Waals surface area contributed by atoms with Gasteiger partial charge in [-0.1, -0.05) is 6.92 Å². The molecule has 1 aromatic heterocycles. The van der Waals surface area contributed by atoms with Crippen LogP contribution in [0, 0.1) is 0 Å². The lowest BCUT2D eigenvalue weighted by atomic mass is 9.78. The van der Waals surface area contributed by atoms with Crippen LogP contribution >= 0.6 is 0 Å². The minimum absolute atomic E-state index is 0.0775. The van der Waals surface area contributed by atoms with E-state index in [2.05, 4.69) is 25.1 Å². The second-order valence-electron chi connectivity index (χ2n) is 5.74. The van der Waals surface area contributed by atoms with Gasteiger partial charge in [0, 0.05) is 12.5 Å². The molecule has 0 saturated carbocycles. The van der Waals surface area contributed by atoms with Crippen molar-refractivity contribution in [2.24, 2.45) is 5.73 Å². The van der Waals surface area contributed by atoms with Gasteiger partial charge in [0.2, 0.25) is 6.79 Å². The molecule has 4 nitrogen and oxygen atoms in total. The van der Waals surface area contributed by atoms with Gasteiger partial charge in [0.15, 0.2) is 11.5 Å². The highest BCUT2D eigenvalue weighted by Crippen LogP contribution is 2.43. The summed E-state index contributed by atoms with van der Waals surface area (Å²) >= 11 is 0. The lowest BCUT2D eigenvalue weighted by molar-refractivity contribution is 0.174. The van der Waals surface area contributed by atoms with Crippen LogP contribution < -0.4 is 15.2 Å². The molecule has 2 atom stereocenters. The van der Waals surface area contributed by atoms with Gasteiger partial charge >= 0.3 is 0 Å². The van der Waals surface area contributed by atoms with Crippen molar-refractivity contribution in [2.45, 2.75) is 38.1 Å². The number of rotatable bonds is 2. The molecule has 1 aliphatic carbocycles. The normalized spacial score (nSPS) is 23.1. The van der Waals surface area contributed by atoms with Crippen molar-refractivity contribution >= 4 is 0 Å². The predicted octanol–water partition coefficient (Wildman–Crippen LogP) is 2.98. The maximum absolute atomic E-state index is 6.39. The maximum atomic E-state index is 6.39. The van der Waals surface area contributed by atoms with Crippen LogP contribution in [0.25, 0.3) is 0 Å². The zero-order chi connectivity index (χ0) is 14.4. The Morgan fingerprint density at radius 2 is 2.00 bits per heavy atom. The fourth-order valence-electron chi connectivity index (χ4n) is 3.34. The Bertz CT molecular complexity index is 677. The van der Waals surface area contributed by atoms with E-state index >= 15 is 0 Å². The Kier molecular flexibility index (Phi) is 2.93. The molecular weight excluding hydrogens is 266 g/mol. The molecule has 0 spiro atoms. The van der Waals surface area contributed by atoms with Crippen molar-refractivity contribution in [3.05, 3.63) is 46.9 Å². The molecule has 110 valence electrons. The van der Waals surface area contributed by atoms with Crippen molar-refractivity contribution in [1.29, 1.82) is 0 Å². The number of furan rings is 1. The Morgan fingerprint density at radius 3 is 2.76 bits per heavy atom. The molecule has 4 heteroatoms. The Balaban J connectivity index is 1.81. The molecule has 0 bridgehead atoms. The third-order valence-electron chi connectivity index (χ3n) is 4.48. The first-order chi connectivity index (χ1) is 10.3. The largest absolute Gasteiger partial charge is 0.465 e. The molecule has 21 heavy (non-hydrogen) atoms. The zero-order valence-corrected chi connectivity index (χ0v) is 12.1. The molecule has 0 saturated heterocycles. The van der Waals surface area contributed by atoms with E-state index < -0.39 is 0 Å². The van der Waals surface area contributed by atoms with Gasteiger partial charge in [-0.3, -0.25) is 0 Å². The van der Waals surface area contributed by atoms with E-state index in [0.29, 0.717) is 6.79 Å². The van der Waals surface area contributed by atoms with E-state index in [9.17, 15) is 0 Å². The fraction of sp³-hybridized carbons (Fsp3) is 0.412. The predicted molar refractivity (Wildman–Crippen MR) is 78.8 cm³/mol. The summed E-state index contributed by atoms with van der Waals surface area (Å²) in [5.41, 5.74) is 8.90. The SMILES string of the molecule is CCc1ccc([C@@H]2c3cc4c(cc3CC[C@H]2N)OCO4)o1. The number of benzene rings is 1. The van der Waals surface area contributed by atoms with Gasteiger partial charge in [-0.15, -0.1) is 0 Å². The topological polar surface area (TPSA) is 57.6 Å². The van der Waals surface area contributed by atoms with Crippen LogP contribution in [0.3, 0.4) is 0 Å². The molecule has 2 heterocycles. The molecule has 1 aromatic carbocycles. The van der Waals surface area contributed by atoms with Crippen molar-refractivity contribution < 1.29 is 13.9 Å². The number of hydrogen-bond donors (Lipinski definition) is 1. The van der Waals surface area contributed by atoms with E-state index in [-0.39, 0.29) is 12.0 Å².